The number of hydrogen-bond donors (Lipinski definition) is 2. The molecule has 2 heterocycles. The van der Waals surface area contributed by atoms with Crippen LogP contribution in [0.5, 0.6) is 0 Å². The Hall–Kier alpha value is -2.01. The average Bonchev–Trinajstić information content (AvgIpc) is 3.20. The molecule has 0 bridgehead atoms. The summed E-state index contributed by atoms with van der Waals surface area (Å²) in [5.41, 5.74) is 0.681. The van der Waals surface area contributed by atoms with Crippen molar-refractivity contribution in [3.05, 3.63) is 47.3 Å². The Bertz CT molecular complexity index is 736. The molecule has 2 N–H and O–H groups in total. The van der Waals surface area contributed by atoms with Crippen molar-refractivity contribution in [2.45, 2.75) is 44.1 Å². The van der Waals surface area contributed by atoms with Gasteiger partial charge >= 0.3 is 6.18 Å². The van der Waals surface area contributed by atoms with Crippen molar-refractivity contribution in [1.82, 2.24) is 20.3 Å². The third kappa shape index (κ3) is 5.04. The molecular weight excluding hydrogens is 365 g/mol. The van der Waals surface area contributed by atoms with Crippen molar-refractivity contribution >= 4 is 0 Å². The van der Waals surface area contributed by atoms with E-state index in [1.165, 1.54) is 12.1 Å². The van der Waals surface area contributed by atoms with Crippen LogP contribution in [0.25, 0.3) is 0 Å². The molecule has 10 heteroatoms. The Balaban J connectivity index is 1.58. The number of aromatic nitrogens is 3. The van der Waals surface area contributed by atoms with Gasteiger partial charge in [0.15, 0.2) is 0 Å². The van der Waals surface area contributed by atoms with Crippen molar-refractivity contribution in [3.63, 3.8) is 0 Å². The second-order valence-electron chi connectivity index (χ2n) is 6.41. The third-order valence-electron chi connectivity index (χ3n) is 4.36. The maximum atomic E-state index is 12.6. The lowest BCUT2D eigenvalue weighted by atomic mass is 10.1. The highest BCUT2D eigenvalue weighted by atomic mass is 19.4. The van der Waals surface area contributed by atoms with E-state index in [4.69, 9.17) is 9.47 Å². The number of halogens is 3. The fraction of sp³-hybridized carbons (Fsp3) is 0.529. The third-order valence-corrected chi connectivity index (χ3v) is 4.36. The van der Waals surface area contributed by atoms with Crippen molar-refractivity contribution in [3.8, 4) is 0 Å². The zero-order chi connectivity index (χ0) is 19.4. The second kappa shape index (κ2) is 8.34. The Morgan fingerprint density at radius 3 is 2.74 bits per heavy atom. The standard InChI is InChI=1S/C17H21F3N4O3/c1-26-9-13-7-24(23-22-13)8-15-16(14(25)10-27-15)21-6-11-2-4-12(5-3-11)17(18,19)20/h2-5,7,14-16,21,25H,6,8-10H2,1H3/t14-,15+,16+/m0/s1. The number of nitrogens with zero attached hydrogens (tertiary/aromatic N) is 3. The van der Waals surface area contributed by atoms with E-state index in [9.17, 15) is 18.3 Å². The molecular formula is C17H21F3N4O3. The van der Waals surface area contributed by atoms with Gasteiger partial charge < -0.3 is 19.9 Å². The van der Waals surface area contributed by atoms with Gasteiger partial charge in [0.25, 0.3) is 0 Å². The topological polar surface area (TPSA) is 81.4 Å². The van der Waals surface area contributed by atoms with E-state index in [0.29, 0.717) is 31.0 Å². The minimum atomic E-state index is -4.36. The highest BCUT2D eigenvalue weighted by molar-refractivity contribution is 5.24. The second-order valence-corrected chi connectivity index (χ2v) is 6.41. The summed E-state index contributed by atoms with van der Waals surface area (Å²) in [7, 11) is 1.57. The molecule has 3 atom stereocenters. The molecule has 0 aliphatic carbocycles. The summed E-state index contributed by atoms with van der Waals surface area (Å²) in [5, 5.41) is 21.3. The number of aliphatic hydroxyl groups is 1. The lowest BCUT2D eigenvalue weighted by Crippen LogP contribution is -2.45. The summed E-state index contributed by atoms with van der Waals surface area (Å²) in [6.07, 6.45) is -3.67. The van der Waals surface area contributed by atoms with Gasteiger partial charge in [0, 0.05) is 13.7 Å². The quantitative estimate of drug-likeness (QED) is 0.748. The summed E-state index contributed by atoms with van der Waals surface area (Å²) in [4.78, 5) is 0. The van der Waals surface area contributed by atoms with Crippen LogP contribution in [0.4, 0.5) is 13.2 Å². The zero-order valence-electron chi connectivity index (χ0n) is 14.7. The maximum Gasteiger partial charge on any atom is 0.416 e. The van der Waals surface area contributed by atoms with E-state index in [1.54, 1.807) is 18.0 Å². The van der Waals surface area contributed by atoms with Crippen LogP contribution in [0.1, 0.15) is 16.8 Å². The van der Waals surface area contributed by atoms with E-state index in [2.05, 4.69) is 15.6 Å². The van der Waals surface area contributed by atoms with Crippen LogP contribution < -0.4 is 5.32 Å². The van der Waals surface area contributed by atoms with E-state index >= 15 is 0 Å². The Labute approximate surface area is 154 Å². The summed E-state index contributed by atoms with van der Waals surface area (Å²) in [6, 6.07) is 4.55. The molecule has 1 aromatic heterocycles. The van der Waals surface area contributed by atoms with Crippen LogP contribution in [0.15, 0.2) is 30.5 Å². The molecule has 0 radical (unpaired) electrons. The highest BCUT2D eigenvalue weighted by Gasteiger charge is 2.36. The first kappa shape index (κ1) is 19.7. The van der Waals surface area contributed by atoms with Crippen molar-refractivity contribution in [1.29, 1.82) is 0 Å². The number of alkyl halides is 3. The molecule has 148 valence electrons. The number of methoxy groups -OCH3 is 1. The van der Waals surface area contributed by atoms with Crippen LogP contribution in [0, 0.1) is 0 Å². The van der Waals surface area contributed by atoms with Crippen LogP contribution in [0.2, 0.25) is 0 Å². The zero-order valence-corrected chi connectivity index (χ0v) is 14.7. The molecule has 27 heavy (non-hydrogen) atoms. The first-order valence-corrected chi connectivity index (χ1v) is 8.44. The Morgan fingerprint density at radius 2 is 2.07 bits per heavy atom. The molecule has 1 aromatic carbocycles. The monoisotopic (exact) mass is 386 g/mol. The van der Waals surface area contributed by atoms with Crippen LogP contribution >= 0.6 is 0 Å². The average molecular weight is 386 g/mol. The van der Waals surface area contributed by atoms with Crippen LogP contribution in [-0.4, -0.2) is 52.1 Å². The van der Waals surface area contributed by atoms with E-state index < -0.39 is 17.8 Å². The lowest BCUT2D eigenvalue weighted by Gasteiger charge is -2.22. The first-order valence-electron chi connectivity index (χ1n) is 8.44. The normalized spacial score (nSPS) is 23.1. The van der Waals surface area contributed by atoms with Gasteiger partial charge in [-0.2, -0.15) is 13.2 Å². The van der Waals surface area contributed by atoms with E-state index in [0.717, 1.165) is 12.1 Å². The van der Waals surface area contributed by atoms with Gasteiger partial charge in [0.2, 0.25) is 0 Å². The molecule has 3 rings (SSSR count). The molecule has 0 saturated carbocycles. The summed E-state index contributed by atoms with van der Waals surface area (Å²) in [5.74, 6) is 0. The first-order chi connectivity index (χ1) is 12.9. The SMILES string of the molecule is COCc1cn(C[C@H]2OC[C@H](O)[C@H]2NCc2ccc(C(F)(F)F)cc2)nn1. The van der Waals surface area contributed by atoms with Gasteiger partial charge in [-0.05, 0) is 17.7 Å². The highest BCUT2D eigenvalue weighted by Crippen LogP contribution is 2.29. The molecule has 0 amide bonds. The fourth-order valence-corrected chi connectivity index (χ4v) is 2.98. The van der Waals surface area contributed by atoms with Gasteiger partial charge in [-0.1, -0.05) is 17.3 Å². The van der Waals surface area contributed by atoms with E-state index in [-0.39, 0.29) is 18.8 Å². The number of rotatable bonds is 7. The summed E-state index contributed by atoms with van der Waals surface area (Å²) in [6.45, 7) is 1.23. The molecule has 0 spiro atoms. The number of hydrogen-bond acceptors (Lipinski definition) is 6. The predicted molar refractivity (Wildman–Crippen MR) is 88.6 cm³/mol. The Kier molecular flexibility index (Phi) is 6.10. The van der Waals surface area contributed by atoms with Gasteiger partial charge in [-0.25, -0.2) is 4.68 Å². The van der Waals surface area contributed by atoms with Gasteiger partial charge in [0.05, 0.1) is 49.8 Å². The molecule has 1 fully saturated rings. The number of ether oxygens (including phenoxy) is 2. The molecule has 7 nitrogen and oxygen atoms in total. The maximum absolute atomic E-state index is 12.6. The minimum absolute atomic E-state index is 0.176. The Morgan fingerprint density at radius 1 is 1.33 bits per heavy atom. The molecule has 1 aliphatic rings. The van der Waals surface area contributed by atoms with Crippen molar-refractivity contribution in [2.24, 2.45) is 0 Å². The van der Waals surface area contributed by atoms with Crippen molar-refractivity contribution < 1.29 is 27.8 Å². The van der Waals surface area contributed by atoms with Gasteiger partial charge in [-0.3, -0.25) is 0 Å². The number of aliphatic hydroxyl groups excluding tert-OH is 1. The predicted octanol–water partition coefficient (Wildman–Crippen LogP) is 1.36. The molecule has 0 unspecified atom stereocenters. The molecule has 1 saturated heterocycles. The smallest absolute Gasteiger partial charge is 0.389 e. The largest absolute Gasteiger partial charge is 0.416 e. The molecule has 2 aromatic rings. The molecule has 1 aliphatic heterocycles. The van der Waals surface area contributed by atoms with E-state index in [1.807, 2.05) is 0 Å². The van der Waals surface area contributed by atoms with Crippen LogP contribution in [0.3, 0.4) is 0 Å². The number of benzene rings is 1. The number of nitrogens with one attached hydrogen (secondary N) is 1. The van der Waals surface area contributed by atoms with Gasteiger partial charge in [-0.15, -0.1) is 5.10 Å². The lowest BCUT2D eigenvalue weighted by molar-refractivity contribution is -0.137. The summed E-state index contributed by atoms with van der Waals surface area (Å²) >= 11 is 0. The van der Waals surface area contributed by atoms with Gasteiger partial charge in [0.1, 0.15) is 5.69 Å². The summed E-state index contributed by atoms with van der Waals surface area (Å²) < 4.78 is 50.1. The minimum Gasteiger partial charge on any atom is -0.389 e. The van der Waals surface area contributed by atoms with Crippen LogP contribution in [-0.2, 0) is 35.3 Å². The van der Waals surface area contributed by atoms with Crippen molar-refractivity contribution in [2.75, 3.05) is 13.7 Å². The fourth-order valence-electron chi connectivity index (χ4n) is 2.98.